The van der Waals surface area contributed by atoms with Gasteiger partial charge in [-0.05, 0) is 28.5 Å². The van der Waals surface area contributed by atoms with Gasteiger partial charge in [0.2, 0.25) is 0 Å². The second-order valence-electron chi connectivity index (χ2n) is 12.8. The lowest BCUT2D eigenvalue weighted by Gasteiger charge is -2.13. The van der Waals surface area contributed by atoms with E-state index in [1.807, 2.05) is 47.7 Å². The maximum atomic E-state index is 5.56. The van der Waals surface area contributed by atoms with E-state index in [0.29, 0.717) is 5.82 Å². The second-order valence-corrected chi connectivity index (χ2v) is 13.8. The van der Waals surface area contributed by atoms with Gasteiger partial charge in [-0.15, -0.1) is 11.3 Å². The van der Waals surface area contributed by atoms with Crippen molar-refractivity contribution in [3.63, 3.8) is 0 Å². The zero-order chi connectivity index (χ0) is 33.7. The molecule has 3 heterocycles. The van der Waals surface area contributed by atoms with Gasteiger partial charge in [0.1, 0.15) is 0 Å². The average Bonchev–Trinajstić information content (AvgIpc) is 3.61. The lowest BCUT2D eigenvalue weighted by molar-refractivity contribution is 1.18. The topological polar surface area (TPSA) is 38.7 Å². The van der Waals surface area contributed by atoms with Crippen LogP contribution in [-0.2, 0) is 0 Å². The fraction of sp³-hybridized carbons (Fsp3) is 0. The van der Waals surface area contributed by atoms with Gasteiger partial charge in [-0.3, -0.25) is 0 Å². The standard InChI is InChI=1S/C47H29N3S/c1-3-14-31(15-4-1)40-29-41(32-16-5-2-6-17-32)49-47(48-40)34-27-25-33(26-28-34)44-43-38-20-9-10-24-42(38)51-46(43)39-23-12-22-37(45(39)50-44)36-21-11-18-30-13-7-8-19-35(30)36/h1-29H. The van der Waals surface area contributed by atoms with Crippen LogP contribution in [0.25, 0.3) is 98.1 Å². The van der Waals surface area contributed by atoms with Crippen molar-refractivity contribution in [3.8, 4) is 56.3 Å². The van der Waals surface area contributed by atoms with Crippen LogP contribution >= 0.6 is 11.3 Å². The minimum absolute atomic E-state index is 0.692. The summed E-state index contributed by atoms with van der Waals surface area (Å²) in [4.78, 5) is 15.7. The Kier molecular flexibility index (Phi) is 7.00. The van der Waals surface area contributed by atoms with E-state index in [4.69, 9.17) is 15.0 Å². The van der Waals surface area contributed by atoms with Gasteiger partial charge in [-0.25, -0.2) is 15.0 Å². The molecule has 0 atom stereocenters. The molecule has 0 aliphatic carbocycles. The van der Waals surface area contributed by atoms with Crippen molar-refractivity contribution < 1.29 is 0 Å². The first-order chi connectivity index (χ1) is 25.3. The summed E-state index contributed by atoms with van der Waals surface area (Å²) in [6.45, 7) is 0. The van der Waals surface area contributed by atoms with Gasteiger partial charge in [0, 0.05) is 53.4 Å². The molecule has 3 nitrogen and oxygen atoms in total. The van der Waals surface area contributed by atoms with Crippen LogP contribution in [0.1, 0.15) is 0 Å². The van der Waals surface area contributed by atoms with E-state index in [1.54, 1.807) is 0 Å². The molecule has 0 amide bonds. The Morgan fingerprint density at radius 2 is 0.961 bits per heavy atom. The molecule has 0 spiro atoms. The highest BCUT2D eigenvalue weighted by Gasteiger charge is 2.19. The molecule has 0 unspecified atom stereocenters. The summed E-state index contributed by atoms with van der Waals surface area (Å²) in [5.74, 6) is 0.692. The van der Waals surface area contributed by atoms with E-state index in [9.17, 15) is 0 Å². The van der Waals surface area contributed by atoms with Crippen LogP contribution in [0.3, 0.4) is 0 Å². The summed E-state index contributed by atoms with van der Waals surface area (Å²) in [7, 11) is 0. The molecule has 4 heteroatoms. The van der Waals surface area contributed by atoms with Crippen molar-refractivity contribution in [1.82, 2.24) is 15.0 Å². The molecule has 0 aliphatic heterocycles. The number of pyridine rings is 1. The first-order valence-corrected chi connectivity index (χ1v) is 17.9. The largest absolute Gasteiger partial charge is 0.246 e. The van der Waals surface area contributed by atoms with E-state index >= 15 is 0 Å². The van der Waals surface area contributed by atoms with Crippen LogP contribution in [0.2, 0.25) is 0 Å². The number of fused-ring (bicyclic) bond motifs is 6. The van der Waals surface area contributed by atoms with Crippen LogP contribution in [0.5, 0.6) is 0 Å². The Morgan fingerprint density at radius 3 is 1.71 bits per heavy atom. The number of nitrogens with zero attached hydrogens (tertiary/aromatic N) is 3. The van der Waals surface area contributed by atoms with E-state index in [2.05, 4.69) is 140 Å². The molecular formula is C47H29N3S. The summed E-state index contributed by atoms with van der Waals surface area (Å²) < 4.78 is 2.52. The van der Waals surface area contributed by atoms with Crippen molar-refractivity contribution in [2.24, 2.45) is 0 Å². The van der Waals surface area contributed by atoms with Gasteiger partial charge < -0.3 is 0 Å². The van der Waals surface area contributed by atoms with Crippen molar-refractivity contribution in [3.05, 3.63) is 176 Å². The molecule has 10 rings (SSSR count). The van der Waals surface area contributed by atoms with E-state index < -0.39 is 0 Å². The number of aromatic nitrogens is 3. The Balaban J connectivity index is 1.17. The number of thiophene rings is 1. The summed E-state index contributed by atoms with van der Waals surface area (Å²) in [5.41, 5.74) is 10.3. The molecule has 0 bridgehead atoms. The normalized spacial score (nSPS) is 11.5. The highest BCUT2D eigenvalue weighted by molar-refractivity contribution is 7.26. The molecule has 0 saturated carbocycles. The van der Waals surface area contributed by atoms with E-state index in [-0.39, 0.29) is 0 Å². The van der Waals surface area contributed by atoms with Crippen LogP contribution in [-0.4, -0.2) is 15.0 Å². The van der Waals surface area contributed by atoms with Crippen molar-refractivity contribution in [1.29, 1.82) is 0 Å². The third-order valence-corrected chi connectivity index (χ3v) is 10.9. The Bertz CT molecular complexity index is 2830. The molecule has 0 radical (unpaired) electrons. The number of hydrogen-bond donors (Lipinski definition) is 0. The average molecular weight is 668 g/mol. The summed E-state index contributed by atoms with van der Waals surface area (Å²) in [6.07, 6.45) is 0. The molecule has 3 aromatic heterocycles. The van der Waals surface area contributed by atoms with E-state index in [1.165, 1.54) is 41.9 Å². The highest BCUT2D eigenvalue weighted by Crippen LogP contribution is 2.45. The Labute approximate surface area is 299 Å². The predicted octanol–water partition coefficient (Wildman–Crippen LogP) is 12.9. The van der Waals surface area contributed by atoms with E-state index in [0.717, 1.165) is 50.4 Å². The summed E-state index contributed by atoms with van der Waals surface area (Å²) in [6, 6.07) is 61.8. The van der Waals surface area contributed by atoms with Gasteiger partial charge >= 0.3 is 0 Å². The Morgan fingerprint density at radius 1 is 0.392 bits per heavy atom. The van der Waals surface area contributed by atoms with Gasteiger partial charge in [0.05, 0.1) is 22.6 Å². The number of benzene rings is 7. The molecule has 0 saturated heterocycles. The van der Waals surface area contributed by atoms with Gasteiger partial charge in [-0.2, -0.15) is 0 Å². The molecule has 7 aromatic carbocycles. The smallest absolute Gasteiger partial charge is 0.160 e. The van der Waals surface area contributed by atoms with Gasteiger partial charge in [0.15, 0.2) is 5.82 Å². The van der Waals surface area contributed by atoms with Crippen LogP contribution < -0.4 is 0 Å². The second kappa shape index (κ2) is 12.1. The lowest BCUT2D eigenvalue weighted by atomic mass is 9.95. The number of rotatable bonds is 5. The highest BCUT2D eigenvalue weighted by atomic mass is 32.1. The van der Waals surface area contributed by atoms with Crippen molar-refractivity contribution >= 4 is 53.2 Å². The first kappa shape index (κ1) is 29.4. The third-order valence-electron chi connectivity index (χ3n) is 9.70. The lowest BCUT2D eigenvalue weighted by Crippen LogP contribution is -1.96. The SMILES string of the molecule is c1ccc(-c2cc(-c3ccccc3)nc(-c3ccc(-c4nc5c(-c6cccc7ccccc67)cccc5c5sc6ccccc6c45)cc3)n2)cc1. The van der Waals surface area contributed by atoms with Gasteiger partial charge in [-0.1, -0.05) is 164 Å². The molecule has 10 aromatic rings. The monoisotopic (exact) mass is 667 g/mol. The summed E-state index contributed by atoms with van der Waals surface area (Å²) in [5, 5.41) is 6.05. The minimum Gasteiger partial charge on any atom is -0.246 e. The molecule has 238 valence electrons. The minimum atomic E-state index is 0.692. The van der Waals surface area contributed by atoms with Crippen LogP contribution in [0, 0.1) is 0 Å². The zero-order valence-corrected chi connectivity index (χ0v) is 28.3. The number of hydrogen-bond acceptors (Lipinski definition) is 4. The quantitative estimate of drug-likeness (QED) is 0.183. The predicted molar refractivity (Wildman–Crippen MR) is 215 cm³/mol. The third kappa shape index (κ3) is 5.08. The molecule has 0 N–H and O–H groups in total. The number of para-hydroxylation sites is 1. The van der Waals surface area contributed by atoms with Crippen LogP contribution in [0.4, 0.5) is 0 Å². The van der Waals surface area contributed by atoms with Crippen LogP contribution in [0.15, 0.2) is 176 Å². The Hall–Kier alpha value is -6.49. The zero-order valence-electron chi connectivity index (χ0n) is 27.5. The molecular weight excluding hydrogens is 639 g/mol. The molecule has 0 aliphatic rings. The van der Waals surface area contributed by atoms with Gasteiger partial charge in [0.25, 0.3) is 0 Å². The first-order valence-electron chi connectivity index (χ1n) is 17.1. The fourth-order valence-corrected chi connectivity index (χ4v) is 8.47. The fourth-order valence-electron chi connectivity index (χ4n) is 7.24. The maximum absolute atomic E-state index is 5.56. The van der Waals surface area contributed by atoms with Crippen molar-refractivity contribution in [2.75, 3.05) is 0 Å². The molecule has 51 heavy (non-hydrogen) atoms. The summed E-state index contributed by atoms with van der Waals surface area (Å²) >= 11 is 1.85. The maximum Gasteiger partial charge on any atom is 0.160 e. The van der Waals surface area contributed by atoms with Crippen molar-refractivity contribution in [2.45, 2.75) is 0 Å². The molecule has 0 fully saturated rings.